The van der Waals surface area contributed by atoms with Gasteiger partial charge in [0.05, 0.1) is 6.54 Å². The summed E-state index contributed by atoms with van der Waals surface area (Å²) in [4.78, 5) is 39.3. The normalized spacial score (nSPS) is 10.8. The first-order valence-electron chi connectivity index (χ1n) is 14.2. The van der Waals surface area contributed by atoms with E-state index in [0.29, 0.717) is 29.1 Å². The fourth-order valence-corrected chi connectivity index (χ4v) is 4.51. The molecule has 0 aliphatic rings. The van der Waals surface area contributed by atoms with Crippen LogP contribution in [0.3, 0.4) is 0 Å². The van der Waals surface area contributed by atoms with Crippen molar-refractivity contribution >= 4 is 29.5 Å². The maximum absolute atomic E-state index is 13.4. The molecule has 0 fully saturated rings. The van der Waals surface area contributed by atoms with Gasteiger partial charge in [0, 0.05) is 23.9 Å². The average molecular weight is 599 g/mol. The van der Waals surface area contributed by atoms with Crippen LogP contribution in [0.1, 0.15) is 37.4 Å². The van der Waals surface area contributed by atoms with Crippen molar-refractivity contribution in [3.63, 3.8) is 0 Å². The highest BCUT2D eigenvalue weighted by atomic mass is 16.5. The number of ether oxygens (including phenoxy) is 1. The molecule has 0 radical (unpaired) electrons. The maximum Gasteiger partial charge on any atom is 0.339 e. The molecule has 0 saturated carbocycles. The highest BCUT2D eigenvalue weighted by Crippen LogP contribution is 2.26. The lowest BCUT2D eigenvalue weighted by atomic mass is 10.1. The highest BCUT2D eigenvalue weighted by molar-refractivity contribution is 6.04. The van der Waals surface area contributed by atoms with Gasteiger partial charge in [-0.3, -0.25) is 9.59 Å². The van der Waals surface area contributed by atoms with Crippen LogP contribution in [0.5, 0.6) is 17.2 Å². The maximum atomic E-state index is 13.4. The predicted molar refractivity (Wildman–Crippen MR) is 172 cm³/mol. The first kappa shape index (κ1) is 30.3. The summed E-state index contributed by atoms with van der Waals surface area (Å²) in [7, 11) is 0. The fourth-order valence-electron chi connectivity index (χ4n) is 4.51. The zero-order valence-electron chi connectivity index (χ0n) is 24.2. The van der Waals surface area contributed by atoms with E-state index < -0.39 is 11.7 Å². The number of amides is 2. The molecule has 45 heavy (non-hydrogen) atoms. The third kappa shape index (κ3) is 8.24. The van der Waals surface area contributed by atoms with Crippen LogP contribution in [-0.4, -0.2) is 28.0 Å². The number of carbonyl (C=O) groups is 3. The van der Waals surface area contributed by atoms with Crippen LogP contribution in [0, 0.1) is 0 Å². The quantitative estimate of drug-likeness (QED) is 0.140. The molecule has 3 N–H and O–H groups in total. The molecule has 2 amide bonds. The lowest BCUT2D eigenvalue weighted by Crippen LogP contribution is -2.29. The SMILES string of the molecule is O=C(NCc1ccc(Oc2ccccc2)cc1)c1ccc(CN(C(=O)/C=C/c2ccccc2)c2ccc(O)c(C(=O)O)c2)cc1. The number of carbonyl (C=O) groups excluding carboxylic acids is 2. The standard InChI is InChI=1S/C37H30N2O6/c40-34-21-18-30(23-33(34)37(43)44)39(35(41)22-15-26-7-3-1-4-8-26)25-28-11-16-29(17-12-28)36(42)38-24-27-13-19-32(20-14-27)45-31-9-5-2-6-10-31/h1-23,40H,24-25H2,(H,38,42)(H,43,44)/b22-15+. The topological polar surface area (TPSA) is 116 Å². The fraction of sp³-hybridized carbons (Fsp3) is 0.0541. The van der Waals surface area contributed by atoms with Gasteiger partial charge in [-0.15, -0.1) is 0 Å². The molecule has 224 valence electrons. The number of carboxylic acids is 1. The van der Waals surface area contributed by atoms with Crippen LogP contribution in [0.15, 0.2) is 133 Å². The molecule has 0 heterocycles. The Balaban J connectivity index is 1.25. The Bertz CT molecular complexity index is 1800. The summed E-state index contributed by atoms with van der Waals surface area (Å²) in [5.41, 5.74) is 2.88. The van der Waals surface area contributed by atoms with E-state index in [1.54, 1.807) is 30.3 Å². The number of nitrogens with one attached hydrogen (secondary N) is 1. The molecule has 0 aliphatic carbocycles. The Kier molecular flexibility index (Phi) is 9.67. The summed E-state index contributed by atoms with van der Waals surface area (Å²) in [6.07, 6.45) is 3.08. The van der Waals surface area contributed by atoms with Crippen molar-refractivity contribution in [3.05, 3.63) is 161 Å². The molecule has 5 rings (SSSR count). The number of carboxylic acid groups (broad SMARTS) is 1. The number of nitrogens with zero attached hydrogens (tertiary/aromatic N) is 1. The zero-order valence-corrected chi connectivity index (χ0v) is 24.2. The number of hydrogen-bond donors (Lipinski definition) is 3. The second kappa shape index (κ2) is 14.3. The van der Waals surface area contributed by atoms with Crippen molar-refractivity contribution in [1.29, 1.82) is 0 Å². The highest BCUT2D eigenvalue weighted by Gasteiger charge is 2.19. The van der Waals surface area contributed by atoms with Crippen LogP contribution >= 0.6 is 0 Å². The molecule has 0 unspecified atom stereocenters. The minimum atomic E-state index is -1.31. The minimum Gasteiger partial charge on any atom is -0.507 e. The molecule has 0 aromatic heterocycles. The Morgan fingerprint density at radius 3 is 2.02 bits per heavy atom. The number of hydrogen-bond acceptors (Lipinski definition) is 5. The van der Waals surface area contributed by atoms with E-state index in [0.717, 1.165) is 16.9 Å². The lowest BCUT2D eigenvalue weighted by molar-refractivity contribution is -0.114. The number of phenols is 1. The molecule has 0 atom stereocenters. The smallest absolute Gasteiger partial charge is 0.339 e. The van der Waals surface area contributed by atoms with Crippen LogP contribution in [0.25, 0.3) is 6.08 Å². The second-order valence-corrected chi connectivity index (χ2v) is 10.1. The molecule has 8 heteroatoms. The van der Waals surface area contributed by atoms with Gasteiger partial charge in [-0.25, -0.2) is 4.79 Å². The minimum absolute atomic E-state index is 0.0983. The van der Waals surface area contributed by atoms with E-state index in [1.165, 1.54) is 29.2 Å². The van der Waals surface area contributed by atoms with Gasteiger partial charge in [0.1, 0.15) is 22.8 Å². The number of anilines is 1. The second-order valence-electron chi connectivity index (χ2n) is 10.1. The summed E-state index contributed by atoms with van der Waals surface area (Å²) in [5.74, 6) is -0.913. The Labute approximate surface area is 260 Å². The first-order valence-corrected chi connectivity index (χ1v) is 14.2. The predicted octanol–water partition coefficient (Wildman–Crippen LogP) is 7.06. The summed E-state index contributed by atoms with van der Waals surface area (Å²) >= 11 is 0. The van der Waals surface area contributed by atoms with E-state index in [1.807, 2.05) is 84.9 Å². The lowest BCUT2D eigenvalue weighted by Gasteiger charge is -2.22. The monoisotopic (exact) mass is 598 g/mol. The molecular formula is C37H30N2O6. The summed E-state index contributed by atoms with van der Waals surface area (Å²) < 4.78 is 5.81. The van der Waals surface area contributed by atoms with Gasteiger partial charge in [-0.05, 0) is 77.4 Å². The Morgan fingerprint density at radius 2 is 1.36 bits per heavy atom. The van der Waals surface area contributed by atoms with Crippen LogP contribution in [-0.2, 0) is 17.9 Å². The van der Waals surface area contributed by atoms with Crippen molar-refractivity contribution < 1.29 is 29.3 Å². The van der Waals surface area contributed by atoms with Crippen LogP contribution in [0.4, 0.5) is 5.69 Å². The molecular weight excluding hydrogens is 568 g/mol. The molecule has 0 bridgehead atoms. The number of rotatable bonds is 11. The van der Waals surface area contributed by atoms with Gasteiger partial charge in [-0.1, -0.05) is 72.8 Å². The Morgan fingerprint density at radius 1 is 0.733 bits per heavy atom. The van der Waals surface area contributed by atoms with Gasteiger partial charge >= 0.3 is 5.97 Å². The molecule has 0 saturated heterocycles. The van der Waals surface area contributed by atoms with Crippen molar-refractivity contribution in [3.8, 4) is 17.2 Å². The van der Waals surface area contributed by atoms with Gasteiger partial charge < -0.3 is 25.2 Å². The average Bonchev–Trinajstić information content (AvgIpc) is 3.07. The summed E-state index contributed by atoms with van der Waals surface area (Å²) in [5, 5.41) is 22.4. The van der Waals surface area contributed by atoms with E-state index in [-0.39, 0.29) is 23.9 Å². The van der Waals surface area contributed by atoms with Gasteiger partial charge in [0.25, 0.3) is 11.8 Å². The van der Waals surface area contributed by atoms with Crippen molar-refractivity contribution in [2.75, 3.05) is 4.90 Å². The summed E-state index contributed by atoms with van der Waals surface area (Å²) in [6.45, 7) is 0.427. The summed E-state index contributed by atoms with van der Waals surface area (Å²) in [6, 6.07) is 37.1. The number of para-hydroxylation sites is 1. The van der Waals surface area contributed by atoms with E-state index in [9.17, 15) is 24.6 Å². The van der Waals surface area contributed by atoms with E-state index in [2.05, 4.69) is 5.32 Å². The van der Waals surface area contributed by atoms with Gasteiger partial charge in [-0.2, -0.15) is 0 Å². The Hall–Kier alpha value is -6.15. The van der Waals surface area contributed by atoms with E-state index >= 15 is 0 Å². The largest absolute Gasteiger partial charge is 0.507 e. The third-order valence-electron chi connectivity index (χ3n) is 6.92. The van der Waals surface area contributed by atoms with Crippen molar-refractivity contribution in [2.45, 2.75) is 13.1 Å². The van der Waals surface area contributed by atoms with Crippen LogP contribution in [0.2, 0.25) is 0 Å². The number of benzene rings is 5. The van der Waals surface area contributed by atoms with Crippen molar-refractivity contribution in [1.82, 2.24) is 5.32 Å². The van der Waals surface area contributed by atoms with Crippen molar-refractivity contribution in [2.24, 2.45) is 0 Å². The molecule has 5 aromatic carbocycles. The molecule has 8 nitrogen and oxygen atoms in total. The molecule has 0 spiro atoms. The first-order chi connectivity index (χ1) is 21.9. The van der Waals surface area contributed by atoms with Crippen LogP contribution < -0.4 is 15.0 Å². The van der Waals surface area contributed by atoms with Gasteiger partial charge in [0.2, 0.25) is 0 Å². The zero-order chi connectivity index (χ0) is 31.6. The third-order valence-corrected chi connectivity index (χ3v) is 6.92. The number of aromatic hydroxyl groups is 1. The molecule has 5 aromatic rings. The number of aromatic carboxylic acids is 1. The van der Waals surface area contributed by atoms with Gasteiger partial charge in [0.15, 0.2) is 0 Å². The molecule has 0 aliphatic heterocycles. The van der Waals surface area contributed by atoms with E-state index in [4.69, 9.17) is 4.74 Å².